The Hall–Kier alpha value is -1.90. The van der Waals surface area contributed by atoms with Crippen LogP contribution in [-0.2, 0) is 11.3 Å². The Labute approximate surface area is 149 Å². The Morgan fingerprint density at radius 3 is 2.60 bits per heavy atom. The SMILES string of the molecule is O=C(Nc1ccc(F)cc1)c1nnc(CN(C2CCC2)C2COC2)s1. The molecule has 6 nitrogen and oxygen atoms in total. The maximum absolute atomic E-state index is 12.9. The first-order valence-corrected chi connectivity index (χ1v) is 9.23. The first kappa shape index (κ1) is 16.6. The molecule has 2 aliphatic rings. The van der Waals surface area contributed by atoms with Crippen molar-refractivity contribution in [1.82, 2.24) is 15.1 Å². The molecule has 2 heterocycles. The Morgan fingerprint density at radius 2 is 2.00 bits per heavy atom. The fourth-order valence-corrected chi connectivity index (χ4v) is 3.72. The third-order valence-electron chi connectivity index (χ3n) is 4.71. The third kappa shape index (κ3) is 3.70. The molecule has 1 saturated heterocycles. The Bertz CT molecular complexity index is 729. The molecule has 25 heavy (non-hydrogen) atoms. The molecule has 1 aliphatic heterocycles. The highest BCUT2D eigenvalue weighted by molar-refractivity contribution is 7.13. The molecule has 1 N–H and O–H groups in total. The number of benzene rings is 1. The molecule has 0 radical (unpaired) electrons. The fourth-order valence-electron chi connectivity index (χ4n) is 2.97. The van der Waals surface area contributed by atoms with Crippen LogP contribution in [0.4, 0.5) is 10.1 Å². The number of hydrogen-bond acceptors (Lipinski definition) is 6. The maximum atomic E-state index is 12.9. The highest BCUT2D eigenvalue weighted by Gasteiger charge is 2.35. The lowest BCUT2D eigenvalue weighted by molar-refractivity contribution is -0.0939. The Morgan fingerprint density at radius 1 is 1.24 bits per heavy atom. The fraction of sp³-hybridized carbons (Fsp3) is 0.471. The highest BCUT2D eigenvalue weighted by Crippen LogP contribution is 2.30. The third-order valence-corrected chi connectivity index (χ3v) is 5.62. The summed E-state index contributed by atoms with van der Waals surface area (Å²) in [6.07, 6.45) is 3.70. The van der Waals surface area contributed by atoms with Gasteiger partial charge >= 0.3 is 0 Å². The predicted molar refractivity (Wildman–Crippen MR) is 92.1 cm³/mol. The largest absolute Gasteiger partial charge is 0.378 e. The van der Waals surface area contributed by atoms with Crippen LogP contribution in [0.3, 0.4) is 0 Å². The molecule has 1 aromatic heterocycles. The van der Waals surface area contributed by atoms with Crippen LogP contribution < -0.4 is 5.32 Å². The van der Waals surface area contributed by atoms with Gasteiger partial charge in [0.2, 0.25) is 5.01 Å². The summed E-state index contributed by atoms with van der Waals surface area (Å²) < 4.78 is 18.2. The van der Waals surface area contributed by atoms with E-state index >= 15 is 0 Å². The predicted octanol–water partition coefficient (Wildman–Crippen LogP) is 2.68. The normalized spacial score (nSPS) is 18.0. The zero-order valence-corrected chi connectivity index (χ0v) is 14.5. The molecule has 1 amide bonds. The van der Waals surface area contributed by atoms with Gasteiger partial charge in [-0.3, -0.25) is 9.69 Å². The molecule has 1 aromatic carbocycles. The van der Waals surface area contributed by atoms with Gasteiger partial charge in [0.05, 0.1) is 25.8 Å². The summed E-state index contributed by atoms with van der Waals surface area (Å²) in [6, 6.07) is 6.69. The number of anilines is 1. The highest BCUT2D eigenvalue weighted by atomic mass is 32.1. The lowest BCUT2D eigenvalue weighted by Crippen LogP contribution is -2.54. The minimum atomic E-state index is -0.340. The van der Waals surface area contributed by atoms with Crippen molar-refractivity contribution in [3.8, 4) is 0 Å². The van der Waals surface area contributed by atoms with Gasteiger partial charge in [-0.2, -0.15) is 0 Å². The molecule has 132 valence electrons. The van der Waals surface area contributed by atoms with Gasteiger partial charge in [0.25, 0.3) is 5.91 Å². The monoisotopic (exact) mass is 362 g/mol. The average Bonchev–Trinajstić information content (AvgIpc) is 2.95. The van der Waals surface area contributed by atoms with Crippen molar-refractivity contribution in [2.75, 3.05) is 18.5 Å². The van der Waals surface area contributed by atoms with E-state index < -0.39 is 0 Å². The molecule has 0 bridgehead atoms. The van der Waals surface area contributed by atoms with Crippen molar-refractivity contribution in [2.45, 2.75) is 37.9 Å². The Balaban J connectivity index is 1.40. The van der Waals surface area contributed by atoms with Crippen molar-refractivity contribution in [1.29, 1.82) is 0 Å². The van der Waals surface area contributed by atoms with E-state index in [1.54, 1.807) is 0 Å². The van der Waals surface area contributed by atoms with E-state index in [4.69, 9.17) is 4.74 Å². The van der Waals surface area contributed by atoms with Crippen LogP contribution in [-0.4, -0.2) is 46.3 Å². The van der Waals surface area contributed by atoms with Gasteiger partial charge in [-0.05, 0) is 37.1 Å². The van der Waals surface area contributed by atoms with E-state index in [0.717, 1.165) is 18.2 Å². The number of nitrogens with one attached hydrogen (secondary N) is 1. The van der Waals surface area contributed by atoms with Gasteiger partial charge in [0.1, 0.15) is 10.8 Å². The van der Waals surface area contributed by atoms with E-state index in [0.29, 0.717) is 29.3 Å². The summed E-state index contributed by atoms with van der Waals surface area (Å²) in [5.74, 6) is -0.662. The zero-order valence-electron chi connectivity index (χ0n) is 13.7. The molecule has 2 aromatic rings. The number of rotatable bonds is 6. The number of aromatic nitrogens is 2. The van der Waals surface area contributed by atoms with Crippen LogP contribution in [0.5, 0.6) is 0 Å². The summed E-state index contributed by atoms with van der Waals surface area (Å²) in [7, 11) is 0. The summed E-state index contributed by atoms with van der Waals surface area (Å²) in [5, 5.41) is 12.1. The number of amides is 1. The van der Waals surface area contributed by atoms with Crippen LogP contribution in [0.25, 0.3) is 0 Å². The summed E-state index contributed by atoms with van der Waals surface area (Å²) in [5.41, 5.74) is 0.533. The van der Waals surface area contributed by atoms with Crippen molar-refractivity contribution >= 4 is 22.9 Å². The molecule has 1 aliphatic carbocycles. The van der Waals surface area contributed by atoms with E-state index in [2.05, 4.69) is 20.4 Å². The summed E-state index contributed by atoms with van der Waals surface area (Å²) in [6.45, 7) is 2.25. The second kappa shape index (κ2) is 7.15. The minimum Gasteiger partial charge on any atom is -0.378 e. The number of carbonyl (C=O) groups is 1. The second-order valence-electron chi connectivity index (χ2n) is 6.41. The van der Waals surface area contributed by atoms with Crippen molar-refractivity contribution < 1.29 is 13.9 Å². The van der Waals surface area contributed by atoms with E-state index in [1.165, 1.54) is 54.9 Å². The quantitative estimate of drug-likeness (QED) is 0.856. The van der Waals surface area contributed by atoms with Gasteiger partial charge in [-0.15, -0.1) is 10.2 Å². The smallest absolute Gasteiger partial charge is 0.286 e. The summed E-state index contributed by atoms with van der Waals surface area (Å²) >= 11 is 1.30. The first-order valence-electron chi connectivity index (χ1n) is 8.42. The topological polar surface area (TPSA) is 67.4 Å². The van der Waals surface area contributed by atoms with Gasteiger partial charge in [-0.25, -0.2) is 4.39 Å². The van der Waals surface area contributed by atoms with Crippen molar-refractivity contribution in [3.63, 3.8) is 0 Å². The number of nitrogens with zero attached hydrogens (tertiary/aromatic N) is 3. The molecule has 8 heteroatoms. The number of carbonyl (C=O) groups excluding carboxylic acids is 1. The molecule has 1 saturated carbocycles. The van der Waals surface area contributed by atoms with Gasteiger partial charge in [-0.1, -0.05) is 17.8 Å². The van der Waals surface area contributed by atoms with Gasteiger partial charge in [0, 0.05) is 11.7 Å². The number of halogens is 1. The van der Waals surface area contributed by atoms with Crippen LogP contribution in [0.2, 0.25) is 0 Å². The molecular weight excluding hydrogens is 343 g/mol. The van der Waals surface area contributed by atoms with Gasteiger partial charge in [0.15, 0.2) is 0 Å². The van der Waals surface area contributed by atoms with Crippen molar-refractivity contribution in [2.24, 2.45) is 0 Å². The van der Waals surface area contributed by atoms with Crippen LogP contribution in [0.15, 0.2) is 24.3 Å². The Kier molecular flexibility index (Phi) is 4.74. The molecule has 0 unspecified atom stereocenters. The maximum Gasteiger partial charge on any atom is 0.286 e. The molecule has 0 spiro atoms. The number of hydrogen-bond donors (Lipinski definition) is 1. The lowest BCUT2D eigenvalue weighted by atomic mass is 9.90. The molecular formula is C17H19FN4O2S. The average molecular weight is 362 g/mol. The van der Waals surface area contributed by atoms with Gasteiger partial charge < -0.3 is 10.1 Å². The molecule has 2 fully saturated rings. The lowest BCUT2D eigenvalue weighted by Gasteiger charge is -2.45. The van der Waals surface area contributed by atoms with E-state index in [9.17, 15) is 9.18 Å². The van der Waals surface area contributed by atoms with Crippen molar-refractivity contribution in [3.05, 3.63) is 40.1 Å². The van der Waals surface area contributed by atoms with Crippen LogP contribution >= 0.6 is 11.3 Å². The minimum absolute atomic E-state index is 0.317. The zero-order chi connectivity index (χ0) is 17.2. The number of ether oxygens (including phenoxy) is 1. The first-order chi connectivity index (χ1) is 12.2. The van der Waals surface area contributed by atoms with E-state index in [1.807, 2.05) is 0 Å². The van der Waals surface area contributed by atoms with Crippen LogP contribution in [0.1, 0.15) is 34.1 Å². The van der Waals surface area contributed by atoms with Crippen LogP contribution in [0, 0.1) is 5.82 Å². The molecule has 0 atom stereocenters. The van der Waals surface area contributed by atoms with E-state index in [-0.39, 0.29) is 11.7 Å². The standard InChI is InChI=1S/C17H19FN4O2S/c18-11-4-6-12(7-5-11)19-16(23)17-21-20-15(25-17)8-22(13-2-1-3-13)14-9-24-10-14/h4-7,13-14H,1-3,8-10H2,(H,19,23). The molecule has 4 rings (SSSR count). The second-order valence-corrected chi connectivity index (χ2v) is 7.47. The summed E-state index contributed by atoms with van der Waals surface area (Å²) in [4.78, 5) is 14.7.